The van der Waals surface area contributed by atoms with Crippen LogP contribution in [0.3, 0.4) is 0 Å². The average Bonchev–Trinajstić information content (AvgIpc) is 1.56. The van der Waals surface area contributed by atoms with Crippen LogP contribution in [-0.2, 0) is 16.2 Å². The number of para-hydroxylation sites is 2. The summed E-state index contributed by atoms with van der Waals surface area (Å²) in [5.41, 5.74) is 18.7. The zero-order valence-electron chi connectivity index (χ0n) is 68.2. The van der Waals surface area contributed by atoms with Crippen molar-refractivity contribution in [3.63, 3.8) is 0 Å². The van der Waals surface area contributed by atoms with E-state index in [1.165, 1.54) is 24.4 Å². The monoisotopic (exact) mass is 1640 g/mol. The molecular weight excluding hydrogens is 1550 g/mol. The van der Waals surface area contributed by atoms with Crippen molar-refractivity contribution in [3.8, 4) is 55.9 Å². The van der Waals surface area contributed by atoms with Crippen molar-refractivity contribution in [1.82, 2.24) is 9.13 Å². The van der Waals surface area contributed by atoms with E-state index in [0.29, 0.717) is 22.3 Å². The first kappa shape index (κ1) is 60.1. The molecule has 0 saturated heterocycles. The van der Waals surface area contributed by atoms with Gasteiger partial charge in [-0.15, -0.1) is 0 Å². The third-order valence-electron chi connectivity index (χ3n) is 23.0. The minimum absolute atomic E-state index is 0.0440. The molecule has 0 spiro atoms. The van der Waals surface area contributed by atoms with E-state index >= 15 is 0 Å². The SMILES string of the molecule is [2H]c1c([2H])c(-n2c3ccccc3c3ccc4c5ccccc5[te]c4c32)c([2H])c2c1B1c3c(cc(C(C)(C)C)cc3N(c3c(-c4ccccc4)cc(C(C)(C)C)cc3-c3ccccc3)c3c([2H])c(-n4c5ccccc5c5ccc6c7ccccc7[te]c6c54)c([2H])c([2H])c31)N2c1c(-c2ccccc2)cc(C(C)(C)C)cc1-c1ccccc1. The molecule has 0 bridgehead atoms. The fourth-order valence-corrected chi connectivity index (χ4v) is 24.6. The third kappa shape index (κ3) is 10.4. The molecule has 19 aromatic rings. The van der Waals surface area contributed by atoms with Crippen LogP contribution < -0.4 is 26.2 Å². The predicted molar refractivity (Wildman–Crippen MR) is 471 cm³/mol. The molecule has 0 radical (unpaired) electrons. The summed E-state index contributed by atoms with van der Waals surface area (Å²) >= 11 is -2.07. The van der Waals surface area contributed by atoms with Crippen molar-refractivity contribution in [2.45, 2.75) is 78.6 Å². The Morgan fingerprint density at radius 3 is 0.972 bits per heavy atom. The second kappa shape index (κ2) is 24.8. The van der Waals surface area contributed by atoms with Crippen LogP contribution in [0.25, 0.3) is 135 Å². The molecule has 2 aliphatic rings. The molecule has 0 atom stereocenters. The second-order valence-electron chi connectivity index (χ2n) is 32.6. The summed E-state index contributed by atoms with van der Waals surface area (Å²) in [6.07, 6.45) is 0. The number of benzene rings is 15. The van der Waals surface area contributed by atoms with E-state index in [1.54, 1.807) is 0 Å². The molecule has 7 heteroatoms. The maximum atomic E-state index is 12.1. The van der Waals surface area contributed by atoms with Gasteiger partial charge in [0.1, 0.15) is 0 Å². The van der Waals surface area contributed by atoms with Gasteiger partial charge in [0.2, 0.25) is 0 Å². The van der Waals surface area contributed by atoms with Crippen molar-refractivity contribution in [2.24, 2.45) is 0 Å². The van der Waals surface area contributed by atoms with Crippen LogP contribution in [-0.4, -0.2) is 56.7 Å². The molecule has 15 aromatic carbocycles. The van der Waals surface area contributed by atoms with Crippen molar-refractivity contribution < 1.29 is 8.22 Å². The van der Waals surface area contributed by atoms with Gasteiger partial charge in [0.25, 0.3) is 0 Å². The van der Waals surface area contributed by atoms with E-state index in [4.69, 9.17) is 0 Å². The summed E-state index contributed by atoms with van der Waals surface area (Å²) in [5.74, 6) is 0. The molecule has 2 aliphatic heterocycles. The quantitative estimate of drug-likeness (QED) is 0.141. The number of fused-ring (bicyclic) bond motifs is 18. The molecule has 4 nitrogen and oxygen atoms in total. The first-order valence-electron chi connectivity index (χ1n) is 40.9. The van der Waals surface area contributed by atoms with Gasteiger partial charge in [-0.1, -0.05) is 65.8 Å². The standard InChI is InChI=1S/C102H79BN4Te2/c1-100(2,3)66-54-79(62-30-14-10-15-31-62)94(80(55-66)63-32-16-11-17-33-63)106-87-60-69(104-85-42-26-22-38-71(85)75-48-50-77-73-40-24-28-44-91(73)108-98(77)96(75)104)46-52-83(87)103-84-53-47-70(105-86-43-27-23-39-72(86)76-49-51-78-74-41-25-29-45-92(74)109-99(78)97(76)105)61-88(84)107(90-59-68(102(7,8)9)58-89(106)93(90)103)95-81(64-34-18-12-19-35-64)56-67(101(4,5)6)57-82(95)65-36-20-13-21-37-65/h10-61H,1-9H3/i46D,47D,52D,53D,60D,61D. The predicted octanol–water partition coefficient (Wildman–Crippen LogP) is 25.3. The van der Waals surface area contributed by atoms with Gasteiger partial charge >= 0.3 is 605 Å². The fraction of sp³-hybridized carbons (Fsp3) is 0.118. The maximum absolute atomic E-state index is 12.1. The molecule has 109 heavy (non-hydrogen) atoms. The van der Waals surface area contributed by atoms with Gasteiger partial charge < -0.3 is 0 Å². The van der Waals surface area contributed by atoms with Crippen molar-refractivity contribution in [3.05, 3.63) is 332 Å². The normalized spacial score (nSPS) is 13.9. The molecule has 522 valence electrons. The number of nitrogens with zero attached hydrogens (tertiary/aromatic N) is 4. The summed E-state index contributed by atoms with van der Waals surface area (Å²) in [4.78, 5) is 4.65. The zero-order chi connectivity index (χ0) is 78.7. The van der Waals surface area contributed by atoms with Gasteiger partial charge in [-0.2, -0.15) is 0 Å². The molecule has 21 rings (SSSR count). The Balaban J connectivity index is 1.00. The summed E-state index contributed by atoms with van der Waals surface area (Å²) in [7, 11) is 0. The summed E-state index contributed by atoms with van der Waals surface area (Å²) in [6.45, 7) is 19.3. The van der Waals surface area contributed by atoms with Crippen LogP contribution in [0.15, 0.2) is 315 Å². The molecule has 0 saturated carbocycles. The Hall–Kier alpha value is -10.9. The van der Waals surface area contributed by atoms with Crippen molar-refractivity contribution in [1.29, 1.82) is 0 Å². The van der Waals surface area contributed by atoms with Crippen LogP contribution in [0.4, 0.5) is 34.1 Å². The van der Waals surface area contributed by atoms with Crippen LogP contribution in [0.1, 0.15) is 87.2 Å². The van der Waals surface area contributed by atoms with E-state index in [9.17, 15) is 8.22 Å². The van der Waals surface area contributed by atoms with Crippen LogP contribution in [0, 0.1) is 0 Å². The van der Waals surface area contributed by atoms with Crippen LogP contribution in [0.2, 0.25) is 0 Å². The van der Waals surface area contributed by atoms with Crippen LogP contribution in [0.5, 0.6) is 0 Å². The second-order valence-corrected chi connectivity index (χ2v) is 38.6. The van der Waals surface area contributed by atoms with Gasteiger partial charge in [-0.3, -0.25) is 0 Å². The van der Waals surface area contributed by atoms with Crippen LogP contribution >= 0.6 is 0 Å². The van der Waals surface area contributed by atoms with Gasteiger partial charge in [0, 0.05) is 0 Å². The number of aromatic nitrogens is 2. The fourth-order valence-electron chi connectivity index (χ4n) is 17.5. The number of hydrogen-bond acceptors (Lipinski definition) is 2. The Labute approximate surface area is 665 Å². The van der Waals surface area contributed by atoms with Crippen molar-refractivity contribution >= 4 is 177 Å². The topological polar surface area (TPSA) is 16.3 Å². The molecule has 0 amide bonds. The third-order valence-corrected chi connectivity index (χ3v) is 29.8. The Morgan fingerprint density at radius 2 is 0.615 bits per heavy atom. The molecule has 0 fully saturated rings. The van der Waals surface area contributed by atoms with E-state index in [1.807, 2.05) is 12.1 Å². The number of hydrogen-bond donors (Lipinski definition) is 0. The first-order valence-corrected chi connectivity index (χ1v) is 42.5. The molecule has 6 heterocycles. The first-order chi connectivity index (χ1) is 55.5. The van der Waals surface area contributed by atoms with Gasteiger partial charge in [-0.05, 0) is 0 Å². The van der Waals surface area contributed by atoms with Gasteiger partial charge in [0.15, 0.2) is 0 Å². The summed E-state index contributed by atoms with van der Waals surface area (Å²) in [5, 5.41) is 8.77. The molecule has 0 unspecified atom stereocenters. The van der Waals surface area contributed by atoms with E-state index in [2.05, 4.69) is 348 Å². The Kier molecular flexibility index (Phi) is 13.7. The van der Waals surface area contributed by atoms with Gasteiger partial charge in [-0.25, -0.2) is 0 Å². The van der Waals surface area contributed by atoms with Gasteiger partial charge in [0.05, 0.1) is 0 Å². The molecular formula is C102H79BN4Te2. The molecule has 4 aromatic heterocycles. The summed E-state index contributed by atoms with van der Waals surface area (Å²) in [6, 6.07) is 99.4. The van der Waals surface area contributed by atoms with Crippen molar-refractivity contribution in [2.75, 3.05) is 9.80 Å². The summed E-state index contributed by atoms with van der Waals surface area (Å²) < 4.78 is 79.6. The van der Waals surface area contributed by atoms with E-state index in [0.717, 1.165) is 144 Å². The number of rotatable bonds is 8. The van der Waals surface area contributed by atoms with E-state index in [-0.39, 0.29) is 58.5 Å². The Morgan fingerprint density at radius 1 is 0.303 bits per heavy atom. The number of anilines is 6. The Bertz CT molecular complexity index is 6820. The minimum atomic E-state index is -1.13. The zero-order valence-corrected chi connectivity index (χ0v) is 66.9. The molecule has 0 aliphatic carbocycles. The average molecular weight is 1630 g/mol. The molecule has 0 N–H and O–H groups in total. The van der Waals surface area contributed by atoms with E-state index < -0.39 is 53.0 Å².